The molecular formula is C18H19N3O4. The Bertz CT molecular complexity index is 707. The first-order valence-electron chi connectivity index (χ1n) is 7.63. The van der Waals surface area contributed by atoms with Crippen LogP contribution in [0.25, 0.3) is 0 Å². The highest BCUT2D eigenvalue weighted by molar-refractivity contribution is 5.98. The summed E-state index contributed by atoms with van der Waals surface area (Å²) in [6, 6.07) is 16.9. The smallest absolute Gasteiger partial charge is 0.320 e. The molecule has 2 aromatic carbocycles. The highest BCUT2D eigenvalue weighted by atomic mass is 16.5. The Labute approximate surface area is 145 Å². The maximum Gasteiger partial charge on any atom is 0.320 e. The van der Waals surface area contributed by atoms with Crippen LogP contribution in [0, 0.1) is 5.92 Å². The van der Waals surface area contributed by atoms with Crippen molar-refractivity contribution in [1.82, 2.24) is 10.9 Å². The minimum absolute atomic E-state index is 0.0199. The molecule has 0 saturated heterocycles. The Hall–Kier alpha value is -3.19. The summed E-state index contributed by atoms with van der Waals surface area (Å²) < 4.78 is 5.24. The number of ether oxygens (including phenoxy) is 1. The second kappa shape index (κ2) is 9.19. The van der Waals surface area contributed by atoms with E-state index in [0.717, 1.165) is 5.56 Å². The number of nitrogens with one attached hydrogen (secondary N) is 2. The third-order valence-electron chi connectivity index (χ3n) is 3.56. The van der Waals surface area contributed by atoms with E-state index in [1.54, 1.807) is 42.5 Å². The van der Waals surface area contributed by atoms with Gasteiger partial charge in [0.2, 0.25) is 6.41 Å². The predicted octanol–water partition coefficient (Wildman–Crippen LogP) is 0.823. The van der Waals surface area contributed by atoms with Crippen LogP contribution in [0.5, 0.6) is 0 Å². The molecule has 2 aromatic rings. The molecule has 0 aliphatic carbocycles. The monoisotopic (exact) mass is 341 g/mol. The topological polar surface area (TPSA) is 111 Å². The Morgan fingerprint density at radius 1 is 1.04 bits per heavy atom. The molecule has 2 atom stereocenters. The van der Waals surface area contributed by atoms with E-state index in [4.69, 9.17) is 10.5 Å². The average molecular weight is 341 g/mol. The Kier molecular flexibility index (Phi) is 6.67. The van der Waals surface area contributed by atoms with Crippen LogP contribution in [0.3, 0.4) is 0 Å². The van der Waals surface area contributed by atoms with Gasteiger partial charge in [0.25, 0.3) is 5.91 Å². The quantitative estimate of drug-likeness (QED) is 0.285. The zero-order chi connectivity index (χ0) is 18.1. The van der Waals surface area contributed by atoms with Gasteiger partial charge in [-0.15, -0.1) is 0 Å². The minimum Gasteiger partial charge on any atom is -0.460 e. The van der Waals surface area contributed by atoms with Crippen molar-refractivity contribution in [1.29, 1.82) is 0 Å². The standard InChI is InChI=1S/C18H19N3O4/c19-16(14-9-5-2-6-10-14)15(17(23)21-20-12-22)18(24)25-11-13-7-3-1-4-8-13/h1-10,12,15-16H,11,19H2,(H,20,22)(H,21,23). The van der Waals surface area contributed by atoms with Crippen LogP contribution in [0.2, 0.25) is 0 Å². The van der Waals surface area contributed by atoms with Gasteiger partial charge >= 0.3 is 5.97 Å². The van der Waals surface area contributed by atoms with E-state index in [-0.39, 0.29) is 13.0 Å². The lowest BCUT2D eigenvalue weighted by Gasteiger charge is -2.22. The van der Waals surface area contributed by atoms with Crippen molar-refractivity contribution in [3.63, 3.8) is 0 Å². The summed E-state index contributed by atoms with van der Waals surface area (Å²) >= 11 is 0. The minimum atomic E-state index is -1.31. The van der Waals surface area contributed by atoms with Crippen molar-refractivity contribution in [3.05, 3.63) is 71.8 Å². The molecule has 0 radical (unpaired) electrons. The molecule has 0 spiro atoms. The van der Waals surface area contributed by atoms with Crippen molar-refractivity contribution in [3.8, 4) is 0 Å². The number of rotatable bonds is 8. The molecular weight excluding hydrogens is 322 g/mol. The molecule has 0 heterocycles. The molecule has 0 aromatic heterocycles. The summed E-state index contributed by atoms with van der Waals surface area (Å²) in [5.74, 6) is -2.83. The van der Waals surface area contributed by atoms with E-state index in [0.29, 0.717) is 5.56 Å². The summed E-state index contributed by atoms with van der Waals surface area (Å²) in [6.45, 7) is 0.0199. The fourth-order valence-electron chi connectivity index (χ4n) is 2.28. The van der Waals surface area contributed by atoms with Gasteiger partial charge in [0.1, 0.15) is 6.61 Å². The first-order valence-corrected chi connectivity index (χ1v) is 7.63. The molecule has 2 unspecified atom stereocenters. The lowest BCUT2D eigenvalue weighted by Crippen LogP contribution is -2.47. The van der Waals surface area contributed by atoms with E-state index in [1.807, 2.05) is 23.6 Å². The van der Waals surface area contributed by atoms with Crippen molar-refractivity contribution >= 4 is 18.3 Å². The molecule has 130 valence electrons. The van der Waals surface area contributed by atoms with Crippen LogP contribution in [-0.2, 0) is 25.7 Å². The van der Waals surface area contributed by atoms with Crippen LogP contribution in [0.1, 0.15) is 17.2 Å². The first kappa shape index (κ1) is 18.2. The first-order chi connectivity index (χ1) is 12.1. The van der Waals surface area contributed by atoms with E-state index in [9.17, 15) is 14.4 Å². The Balaban J connectivity index is 2.13. The number of nitrogens with two attached hydrogens (primary N) is 1. The molecule has 0 aliphatic rings. The summed E-state index contributed by atoms with van der Waals surface area (Å²) in [7, 11) is 0. The fraction of sp³-hybridized carbons (Fsp3) is 0.167. The van der Waals surface area contributed by atoms with Crippen LogP contribution >= 0.6 is 0 Å². The lowest BCUT2D eigenvalue weighted by atomic mass is 9.93. The third kappa shape index (κ3) is 5.15. The van der Waals surface area contributed by atoms with Gasteiger partial charge in [-0.25, -0.2) is 0 Å². The molecule has 25 heavy (non-hydrogen) atoms. The second-order valence-electron chi connectivity index (χ2n) is 5.26. The molecule has 2 amide bonds. The number of carbonyl (C=O) groups is 3. The number of hydrogen-bond donors (Lipinski definition) is 3. The van der Waals surface area contributed by atoms with E-state index in [1.165, 1.54) is 0 Å². The van der Waals surface area contributed by atoms with Gasteiger partial charge in [-0.3, -0.25) is 25.2 Å². The highest BCUT2D eigenvalue weighted by Gasteiger charge is 2.35. The van der Waals surface area contributed by atoms with Gasteiger partial charge in [-0.05, 0) is 11.1 Å². The molecule has 0 aliphatic heterocycles. The molecule has 7 heteroatoms. The lowest BCUT2D eigenvalue weighted by molar-refractivity contribution is -0.155. The number of carbonyl (C=O) groups excluding carboxylic acids is 3. The maximum atomic E-state index is 12.5. The van der Waals surface area contributed by atoms with Gasteiger partial charge in [0, 0.05) is 0 Å². The van der Waals surface area contributed by atoms with Gasteiger partial charge in [-0.1, -0.05) is 60.7 Å². The van der Waals surface area contributed by atoms with Gasteiger partial charge in [0.05, 0.1) is 6.04 Å². The number of hydrazine groups is 1. The zero-order valence-corrected chi connectivity index (χ0v) is 13.4. The highest BCUT2D eigenvalue weighted by Crippen LogP contribution is 2.21. The van der Waals surface area contributed by atoms with Crippen LogP contribution in [0.4, 0.5) is 0 Å². The SMILES string of the molecule is NC(c1ccccc1)C(C(=O)NNC=O)C(=O)OCc1ccccc1. The van der Waals surface area contributed by atoms with Crippen LogP contribution in [0.15, 0.2) is 60.7 Å². The number of esters is 1. The number of benzene rings is 2. The number of hydrogen-bond acceptors (Lipinski definition) is 5. The maximum absolute atomic E-state index is 12.5. The van der Waals surface area contributed by atoms with Crippen molar-refractivity contribution < 1.29 is 19.1 Å². The van der Waals surface area contributed by atoms with E-state index >= 15 is 0 Å². The summed E-state index contributed by atoms with van der Waals surface area (Å²) in [5.41, 5.74) is 11.6. The molecule has 4 N–H and O–H groups in total. The van der Waals surface area contributed by atoms with Gasteiger partial charge < -0.3 is 10.5 Å². The average Bonchev–Trinajstić information content (AvgIpc) is 2.66. The third-order valence-corrected chi connectivity index (χ3v) is 3.56. The predicted molar refractivity (Wildman–Crippen MR) is 90.4 cm³/mol. The number of amides is 2. The van der Waals surface area contributed by atoms with Gasteiger partial charge in [0.15, 0.2) is 5.92 Å². The molecule has 0 fully saturated rings. The Morgan fingerprint density at radius 2 is 1.64 bits per heavy atom. The zero-order valence-electron chi connectivity index (χ0n) is 13.4. The van der Waals surface area contributed by atoms with Crippen LogP contribution in [-0.4, -0.2) is 18.3 Å². The Morgan fingerprint density at radius 3 is 2.24 bits per heavy atom. The molecule has 0 saturated carbocycles. The van der Waals surface area contributed by atoms with Gasteiger partial charge in [-0.2, -0.15) is 0 Å². The molecule has 0 bridgehead atoms. The van der Waals surface area contributed by atoms with Crippen molar-refractivity contribution in [2.24, 2.45) is 11.7 Å². The summed E-state index contributed by atoms with van der Waals surface area (Å²) in [5, 5.41) is 0. The fourth-order valence-corrected chi connectivity index (χ4v) is 2.28. The van der Waals surface area contributed by atoms with E-state index < -0.39 is 23.8 Å². The largest absolute Gasteiger partial charge is 0.460 e. The van der Waals surface area contributed by atoms with Crippen LogP contribution < -0.4 is 16.6 Å². The second-order valence-corrected chi connectivity index (χ2v) is 5.26. The van der Waals surface area contributed by atoms with Crippen molar-refractivity contribution in [2.75, 3.05) is 0 Å². The molecule has 7 nitrogen and oxygen atoms in total. The van der Waals surface area contributed by atoms with Crippen molar-refractivity contribution in [2.45, 2.75) is 12.6 Å². The summed E-state index contributed by atoms with van der Waals surface area (Å²) in [6.07, 6.45) is 0.290. The normalized spacial score (nSPS) is 12.5. The summed E-state index contributed by atoms with van der Waals surface area (Å²) in [4.78, 5) is 35.1. The molecule has 2 rings (SSSR count). The van der Waals surface area contributed by atoms with E-state index in [2.05, 4.69) is 5.43 Å².